The van der Waals surface area contributed by atoms with Crippen LogP contribution in [0.5, 0.6) is 0 Å². The molecule has 24 heavy (non-hydrogen) atoms. The monoisotopic (exact) mass is 387 g/mol. The topological polar surface area (TPSA) is 71.1 Å². The van der Waals surface area contributed by atoms with Crippen LogP contribution in [-0.2, 0) is 4.79 Å². The van der Waals surface area contributed by atoms with Crippen LogP contribution >= 0.6 is 15.9 Å². The average Bonchev–Trinajstić information content (AvgIpc) is 3.40. The van der Waals surface area contributed by atoms with Gasteiger partial charge in [0, 0.05) is 28.5 Å². The lowest BCUT2D eigenvalue weighted by atomic mass is 10.1. The van der Waals surface area contributed by atoms with E-state index >= 15 is 0 Å². The number of anilines is 1. The maximum absolute atomic E-state index is 12.2. The Morgan fingerprint density at radius 2 is 1.92 bits per heavy atom. The molecular weight excluding hydrogens is 370 g/mol. The first-order chi connectivity index (χ1) is 11.5. The van der Waals surface area contributed by atoms with E-state index in [1.165, 1.54) is 6.20 Å². The lowest BCUT2D eigenvalue weighted by molar-refractivity contribution is -0.117. The fraction of sp³-hybridized carbons (Fsp3) is 0.278. The summed E-state index contributed by atoms with van der Waals surface area (Å²) in [6, 6.07) is 9.12. The van der Waals surface area contributed by atoms with Gasteiger partial charge in [-0.1, -0.05) is 12.1 Å². The standard InChI is InChI=1S/C18H18BrN3O2/c1-11(21-18(24)14-8-15(19)10-20-9-14)12-4-6-16(7-5-12)22-17(23)13-2-3-13/h4-11,13H,2-3H2,1H3,(H,21,24)(H,22,23). The Morgan fingerprint density at radius 3 is 2.54 bits per heavy atom. The minimum atomic E-state index is -0.178. The minimum Gasteiger partial charge on any atom is -0.345 e. The molecule has 6 heteroatoms. The van der Waals surface area contributed by atoms with Gasteiger partial charge in [-0.05, 0) is 59.5 Å². The largest absolute Gasteiger partial charge is 0.345 e. The Hall–Kier alpha value is -2.21. The van der Waals surface area contributed by atoms with Crippen LogP contribution in [0.4, 0.5) is 5.69 Å². The van der Waals surface area contributed by atoms with Gasteiger partial charge in [0.2, 0.25) is 5.91 Å². The molecule has 2 amide bonds. The molecule has 1 heterocycles. The van der Waals surface area contributed by atoms with Crippen molar-refractivity contribution in [3.05, 3.63) is 58.3 Å². The summed E-state index contributed by atoms with van der Waals surface area (Å²) in [5.41, 5.74) is 2.26. The van der Waals surface area contributed by atoms with Crippen molar-refractivity contribution in [2.45, 2.75) is 25.8 Å². The number of rotatable bonds is 5. The fourth-order valence-corrected chi connectivity index (χ4v) is 2.71. The molecule has 5 nitrogen and oxygen atoms in total. The number of pyridine rings is 1. The molecule has 1 fully saturated rings. The zero-order chi connectivity index (χ0) is 17.1. The highest BCUT2D eigenvalue weighted by Gasteiger charge is 2.29. The van der Waals surface area contributed by atoms with E-state index in [4.69, 9.17) is 0 Å². The first-order valence-corrected chi connectivity index (χ1v) is 8.64. The summed E-state index contributed by atoms with van der Waals surface area (Å²) in [6.07, 6.45) is 5.13. The van der Waals surface area contributed by atoms with Gasteiger partial charge in [-0.25, -0.2) is 0 Å². The van der Waals surface area contributed by atoms with Gasteiger partial charge >= 0.3 is 0 Å². The van der Waals surface area contributed by atoms with Gasteiger partial charge in [0.25, 0.3) is 5.91 Å². The highest BCUT2D eigenvalue weighted by molar-refractivity contribution is 9.10. The number of halogens is 1. The van der Waals surface area contributed by atoms with Gasteiger partial charge in [0.15, 0.2) is 0 Å². The van der Waals surface area contributed by atoms with Crippen LogP contribution in [0.1, 0.15) is 41.7 Å². The number of carbonyl (C=O) groups is 2. The number of aromatic nitrogens is 1. The Bertz CT molecular complexity index is 757. The lowest BCUT2D eigenvalue weighted by Crippen LogP contribution is -2.26. The third-order valence-corrected chi connectivity index (χ3v) is 4.37. The summed E-state index contributed by atoms with van der Waals surface area (Å²) in [5.74, 6) is 0.0929. The minimum absolute atomic E-state index is 0.0891. The van der Waals surface area contributed by atoms with Gasteiger partial charge in [0.05, 0.1) is 11.6 Å². The summed E-state index contributed by atoms with van der Waals surface area (Å²) in [4.78, 5) is 28.0. The van der Waals surface area contributed by atoms with Crippen molar-refractivity contribution in [2.24, 2.45) is 5.92 Å². The summed E-state index contributed by atoms with van der Waals surface area (Å²) in [5, 5.41) is 5.84. The summed E-state index contributed by atoms with van der Waals surface area (Å²) >= 11 is 3.31. The normalized spacial score (nSPS) is 14.8. The number of hydrogen-bond donors (Lipinski definition) is 2. The van der Waals surface area contributed by atoms with Crippen LogP contribution in [0.25, 0.3) is 0 Å². The van der Waals surface area contributed by atoms with Crippen molar-refractivity contribution in [1.29, 1.82) is 0 Å². The van der Waals surface area contributed by atoms with E-state index in [0.29, 0.717) is 5.56 Å². The molecule has 0 saturated heterocycles. The number of nitrogens with one attached hydrogen (secondary N) is 2. The van der Waals surface area contributed by atoms with E-state index in [9.17, 15) is 9.59 Å². The molecule has 1 aromatic heterocycles. The molecule has 0 radical (unpaired) electrons. The van der Waals surface area contributed by atoms with Gasteiger partial charge in [-0.15, -0.1) is 0 Å². The maximum atomic E-state index is 12.2. The maximum Gasteiger partial charge on any atom is 0.253 e. The van der Waals surface area contributed by atoms with Gasteiger partial charge in [-0.3, -0.25) is 14.6 Å². The van der Waals surface area contributed by atoms with Crippen molar-refractivity contribution in [1.82, 2.24) is 10.3 Å². The lowest BCUT2D eigenvalue weighted by Gasteiger charge is -2.15. The van der Waals surface area contributed by atoms with E-state index in [2.05, 4.69) is 31.5 Å². The molecule has 1 aliphatic rings. The zero-order valence-electron chi connectivity index (χ0n) is 13.3. The fourth-order valence-electron chi connectivity index (χ4n) is 2.34. The second kappa shape index (κ2) is 7.13. The number of amides is 2. The number of nitrogens with zero attached hydrogens (tertiary/aromatic N) is 1. The van der Waals surface area contributed by atoms with E-state index in [1.807, 2.05) is 31.2 Å². The second-order valence-corrected chi connectivity index (χ2v) is 6.89. The van der Waals surface area contributed by atoms with Gasteiger partial charge in [-0.2, -0.15) is 0 Å². The molecule has 1 unspecified atom stereocenters. The summed E-state index contributed by atoms with van der Waals surface area (Å²) in [6.45, 7) is 1.92. The van der Waals surface area contributed by atoms with Gasteiger partial charge in [0.1, 0.15) is 0 Å². The summed E-state index contributed by atoms with van der Waals surface area (Å²) in [7, 11) is 0. The van der Waals surface area contributed by atoms with Crippen molar-refractivity contribution in [3.63, 3.8) is 0 Å². The second-order valence-electron chi connectivity index (χ2n) is 5.97. The number of benzene rings is 1. The Morgan fingerprint density at radius 1 is 1.21 bits per heavy atom. The molecule has 2 aromatic rings. The van der Waals surface area contributed by atoms with Crippen molar-refractivity contribution < 1.29 is 9.59 Å². The van der Waals surface area contributed by atoms with Crippen LogP contribution in [-0.4, -0.2) is 16.8 Å². The third-order valence-electron chi connectivity index (χ3n) is 3.94. The SMILES string of the molecule is CC(NC(=O)c1cncc(Br)c1)c1ccc(NC(=O)C2CC2)cc1. The zero-order valence-corrected chi connectivity index (χ0v) is 14.8. The highest BCUT2D eigenvalue weighted by Crippen LogP contribution is 2.30. The first-order valence-electron chi connectivity index (χ1n) is 7.85. The van der Waals surface area contributed by atoms with E-state index in [1.54, 1.807) is 12.3 Å². The molecular formula is C18H18BrN3O2. The molecule has 1 saturated carbocycles. The molecule has 0 spiro atoms. The molecule has 1 aliphatic carbocycles. The Labute approximate surface area is 149 Å². The molecule has 124 valence electrons. The van der Waals surface area contributed by atoms with Crippen LogP contribution in [0.15, 0.2) is 47.2 Å². The van der Waals surface area contributed by atoms with Gasteiger partial charge < -0.3 is 10.6 Å². The molecule has 1 aromatic carbocycles. The van der Waals surface area contributed by atoms with Crippen molar-refractivity contribution >= 4 is 33.4 Å². The van der Waals surface area contributed by atoms with Crippen LogP contribution in [0.2, 0.25) is 0 Å². The quantitative estimate of drug-likeness (QED) is 0.821. The van der Waals surface area contributed by atoms with E-state index < -0.39 is 0 Å². The first kappa shape index (κ1) is 16.6. The Kier molecular flexibility index (Phi) is 4.94. The predicted octanol–water partition coefficient (Wildman–Crippen LogP) is 3.68. The predicted molar refractivity (Wildman–Crippen MR) is 95.6 cm³/mol. The molecule has 0 bridgehead atoms. The van der Waals surface area contributed by atoms with Crippen LogP contribution in [0, 0.1) is 5.92 Å². The third kappa shape index (κ3) is 4.20. The average molecular weight is 388 g/mol. The molecule has 1 atom stereocenters. The Balaban J connectivity index is 1.61. The van der Waals surface area contributed by atoms with Crippen molar-refractivity contribution in [3.8, 4) is 0 Å². The van der Waals surface area contributed by atoms with Crippen LogP contribution < -0.4 is 10.6 Å². The van der Waals surface area contributed by atoms with E-state index in [-0.39, 0.29) is 23.8 Å². The molecule has 2 N–H and O–H groups in total. The van der Waals surface area contributed by atoms with Crippen LogP contribution in [0.3, 0.4) is 0 Å². The molecule has 3 rings (SSSR count). The smallest absolute Gasteiger partial charge is 0.253 e. The summed E-state index contributed by atoms with van der Waals surface area (Å²) < 4.78 is 0.763. The number of carbonyl (C=O) groups excluding carboxylic acids is 2. The van der Waals surface area contributed by atoms with E-state index in [0.717, 1.165) is 28.6 Å². The number of hydrogen-bond acceptors (Lipinski definition) is 3. The molecule has 0 aliphatic heterocycles. The highest BCUT2D eigenvalue weighted by atomic mass is 79.9. The van der Waals surface area contributed by atoms with Crippen molar-refractivity contribution in [2.75, 3.05) is 5.32 Å².